The molecule has 39 heavy (non-hydrogen) atoms. The van der Waals surface area contributed by atoms with Crippen molar-refractivity contribution < 1.29 is 53.1 Å². The molecule has 0 bridgehead atoms. The molecule has 0 radical (unpaired) electrons. The fraction of sp³-hybridized carbons (Fsp3) is 1.00. The first-order chi connectivity index (χ1) is 18.2. The minimum absolute atomic E-state index is 0. The van der Waals surface area contributed by atoms with E-state index in [-0.39, 0.29) is 21.3 Å². The Morgan fingerprint density at radius 2 is 0.564 bits per heavy atom. The van der Waals surface area contributed by atoms with Gasteiger partial charge in [-0.3, -0.25) is 0 Å². The second-order valence-electron chi connectivity index (χ2n) is 7.33. The van der Waals surface area contributed by atoms with Crippen LogP contribution >= 0.6 is 41.2 Å². The molecule has 0 fully saturated rings. The van der Waals surface area contributed by atoms with Crippen LogP contribution in [0.3, 0.4) is 0 Å². The monoisotopic (exact) mass is 726 g/mol. The standard InChI is InChI=1S/C18H46O12S4Si4.H4Si/c1-19-35(20-2,21-3)17(36(22-4,23-5)24-6)13-15-31-33-34-32-16-14-18(37(25-7,26-8)27-9)38(28-10,29-11)30-12;/h17-18H,13-16H2,1-12H3;1H4. The highest BCUT2D eigenvalue weighted by Gasteiger charge is 2.64. The van der Waals surface area contributed by atoms with Crippen LogP contribution in [-0.4, -0.2) is 143 Å². The van der Waals surface area contributed by atoms with Gasteiger partial charge in [-0.15, -0.1) is 0 Å². The van der Waals surface area contributed by atoms with E-state index in [1.54, 1.807) is 127 Å². The summed E-state index contributed by atoms with van der Waals surface area (Å²) in [5, 5.41) is -0.570. The van der Waals surface area contributed by atoms with Crippen LogP contribution in [-0.2, 0) is 53.1 Å². The summed E-state index contributed by atoms with van der Waals surface area (Å²) in [6.07, 6.45) is 1.34. The minimum atomic E-state index is -3.11. The summed E-state index contributed by atoms with van der Waals surface area (Å²) in [4.78, 5) is 0. The summed E-state index contributed by atoms with van der Waals surface area (Å²) < 4.78 is 69.1. The van der Waals surface area contributed by atoms with Gasteiger partial charge in [-0.25, -0.2) is 0 Å². The predicted octanol–water partition coefficient (Wildman–Crippen LogP) is 2.32. The van der Waals surface area contributed by atoms with Crippen LogP contribution < -0.4 is 0 Å². The minimum Gasteiger partial charge on any atom is -0.377 e. The van der Waals surface area contributed by atoms with Gasteiger partial charge in [0.1, 0.15) is 10.3 Å². The van der Waals surface area contributed by atoms with Crippen LogP contribution in [0.25, 0.3) is 0 Å². The van der Waals surface area contributed by atoms with E-state index in [1.807, 2.05) is 0 Å². The molecule has 238 valence electrons. The van der Waals surface area contributed by atoms with E-state index in [9.17, 15) is 0 Å². The second-order valence-corrected chi connectivity index (χ2v) is 27.2. The molecule has 12 nitrogen and oxygen atoms in total. The molecule has 0 rings (SSSR count). The molecule has 0 heterocycles. The number of rotatable bonds is 25. The van der Waals surface area contributed by atoms with Crippen molar-refractivity contribution in [3.8, 4) is 0 Å². The zero-order valence-corrected chi connectivity index (χ0v) is 31.8. The van der Waals surface area contributed by atoms with Crippen molar-refractivity contribution in [3.63, 3.8) is 0 Å². The van der Waals surface area contributed by atoms with Crippen LogP contribution in [0.2, 0.25) is 10.3 Å². The Morgan fingerprint density at radius 3 is 0.718 bits per heavy atom. The molecule has 0 atom stereocenters. The quantitative estimate of drug-likeness (QED) is 0.0779. The molecule has 0 aliphatic rings. The average molecular weight is 727 g/mol. The molecule has 0 aromatic rings. The fourth-order valence-electron chi connectivity index (χ4n) is 4.29. The van der Waals surface area contributed by atoms with Gasteiger partial charge in [-0.05, 0) is 43.5 Å². The van der Waals surface area contributed by atoms with Crippen molar-refractivity contribution in [2.75, 3.05) is 96.8 Å². The van der Waals surface area contributed by atoms with E-state index in [0.29, 0.717) is 12.8 Å². The third kappa shape index (κ3) is 10.8. The van der Waals surface area contributed by atoms with Gasteiger partial charge in [0.15, 0.2) is 0 Å². The summed E-state index contributed by atoms with van der Waals surface area (Å²) in [7, 11) is 13.3. The van der Waals surface area contributed by atoms with E-state index in [4.69, 9.17) is 53.1 Å². The van der Waals surface area contributed by atoms with Crippen molar-refractivity contribution >= 4 is 87.4 Å². The zero-order chi connectivity index (χ0) is 29.3. The molecule has 0 amide bonds. The molecule has 0 N–H and O–H groups in total. The Hall–Kier alpha value is 2.00. The fourth-order valence-corrected chi connectivity index (χ4v) is 26.4. The lowest BCUT2D eigenvalue weighted by Gasteiger charge is -2.39. The Labute approximate surface area is 259 Å². The van der Waals surface area contributed by atoms with Crippen LogP contribution in [0, 0.1) is 0 Å². The largest absolute Gasteiger partial charge is 0.507 e. The van der Waals surface area contributed by atoms with Gasteiger partial charge in [-0.2, -0.15) is 0 Å². The lowest BCUT2D eigenvalue weighted by Crippen LogP contribution is -2.62. The predicted molar refractivity (Wildman–Crippen MR) is 175 cm³/mol. The average Bonchev–Trinajstić information content (AvgIpc) is 2.97. The van der Waals surface area contributed by atoms with Crippen molar-refractivity contribution in [1.29, 1.82) is 0 Å². The van der Waals surface area contributed by atoms with E-state index in [1.165, 1.54) is 0 Å². The first kappa shape index (κ1) is 43.1. The van der Waals surface area contributed by atoms with Crippen molar-refractivity contribution in [1.82, 2.24) is 0 Å². The molecule has 0 aliphatic heterocycles. The van der Waals surface area contributed by atoms with E-state index in [2.05, 4.69) is 0 Å². The smallest absolute Gasteiger partial charge is 0.377 e. The van der Waals surface area contributed by atoms with E-state index < -0.39 is 35.2 Å². The van der Waals surface area contributed by atoms with Crippen molar-refractivity contribution in [3.05, 3.63) is 0 Å². The molecule has 0 aromatic carbocycles. The highest BCUT2D eigenvalue weighted by atomic mass is 33.7. The molecule has 0 saturated heterocycles. The van der Waals surface area contributed by atoms with Crippen molar-refractivity contribution in [2.45, 2.75) is 23.2 Å². The maximum atomic E-state index is 5.76. The molecular weight excluding hydrogens is 677 g/mol. The van der Waals surface area contributed by atoms with Gasteiger partial charge in [0.2, 0.25) is 0 Å². The zero-order valence-electron chi connectivity index (χ0n) is 24.5. The second kappa shape index (κ2) is 22.5. The summed E-state index contributed by atoms with van der Waals surface area (Å²) in [6, 6.07) is 0. The Kier molecular flexibility index (Phi) is 24.9. The van der Waals surface area contributed by atoms with Gasteiger partial charge in [-0.1, -0.05) is 21.6 Å². The third-order valence-electron chi connectivity index (χ3n) is 6.23. The Bertz CT molecular complexity index is 486. The Balaban J connectivity index is 0. The van der Waals surface area contributed by atoms with Gasteiger partial charge < -0.3 is 53.1 Å². The van der Waals surface area contributed by atoms with Gasteiger partial charge in [0.25, 0.3) is 0 Å². The highest BCUT2D eigenvalue weighted by Crippen LogP contribution is 2.47. The number of hydrogen-bond acceptors (Lipinski definition) is 16. The highest BCUT2D eigenvalue weighted by molar-refractivity contribution is 9.26. The molecular formula is C18H50O12S4Si5. The lowest BCUT2D eigenvalue weighted by atomic mass is 10.6. The first-order valence-corrected chi connectivity index (χ1v) is 23.8. The topological polar surface area (TPSA) is 111 Å². The molecule has 0 saturated carbocycles. The van der Waals surface area contributed by atoms with E-state index >= 15 is 0 Å². The Morgan fingerprint density at radius 1 is 0.385 bits per heavy atom. The van der Waals surface area contributed by atoms with Crippen LogP contribution in [0.5, 0.6) is 0 Å². The van der Waals surface area contributed by atoms with Crippen LogP contribution in [0.15, 0.2) is 0 Å². The molecule has 0 spiro atoms. The van der Waals surface area contributed by atoms with Crippen LogP contribution in [0.4, 0.5) is 0 Å². The summed E-state index contributed by atoms with van der Waals surface area (Å²) >= 11 is 0. The summed E-state index contributed by atoms with van der Waals surface area (Å²) in [5.41, 5.74) is 0. The molecule has 0 unspecified atom stereocenters. The van der Waals surface area contributed by atoms with Crippen molar-refractivity contribution in [2.24, 2.45) is 0 Å². The molecule has 0 aromatic heterocycles. The molecule has 21 heteroatoms. The van der Waals surface area contributed by atoms with Crippen LogP contribution in [0.1, 0.15) is 12.8 Å². The summed E-state index contributed by atoms with van der Waals surface area (Å²) in [6.45, 7) is 0. The summed E-state index contributed by atoms with van der Waals surface area (Å²) in [5.74, 6) is 1.56. The molecule has 0 aliphatic carbocycles. The van der Waals surface area contributed by atoms with Gasteiger partial charge in [0, 0.05) is 96.8 Å². The number of hydrogen-bond donors (Lipinski definition) is 0. The SMILES string of the molecule is CO[Si](OC)(OC)C(CCSSSSCCC([Si](OC)(OC)OC)[Si](OC)(OC)OC)[Si](OC)(OC)OC.[SiH4]. The third-order valence-corrected chi connectivity index (χ3v) is 28.4. The first-order valence-electron chi connectivity index (χ1n) is 11.4. The van der Waals surface area contributed by atoms with Gasteiger partial charge in [0.05, 0.1) is 0 Å². The van der Waals surface area contributed by atoms with Gasteiger partial charge >= 0.3 is 35.2 Å². The maximum Gasteiger partial charge on any atom is 0.507 e. The lowest BCUT2D eigenvalue weighted by molar-refractivity contribution is 0.0783. The van der Waals surface area contributed by atoms with E-state index in [0.717, 1.165) is 11.5 Å². The maximum absolute atomic E-state index is 5.76. The normalized spacial score (nSPS) is 13.4.